The van der Waals surface area contributed by atoms with Crippen molar-refractivity contribution in [1.82, 2.24) is 24.9 Å². The molecule has 12 heteroatoms. The van der Waals surface area contributed by atoms with Crippen molar-refractivity contribution >= 4 is 11.9 Å². The Bertz CT molecular complexity index is 915. The standard InChI is InChI=1S/C17H21N5O2.C2HF3O2/c1-21-14-7-9-22(17(23)13-4-2-3-8-18-13)15(16(14)19-20-21)11-24-10-12-5-6-12;3-2(4,5)1(6)7/h2-4,8,12,15H,5-7,9-11H2,1H3;(H,6,7). The molecule has 0 bridgehead atoms. The summed E-state index contributed by atoms with van der Waals surface area (Å²) in [7, 11) is 1.89. The Morgan fingerprint density at radius 1 is 1.26 bits per heavy atom. The molecule has 1 atom stereocenters. The third-order valence-electron chi connectivity index (χ3n) is 4.97. The van der Waals surface area contributed by atoms with Gasteiger partial charge in [-0.05, 0) is 30.9 Å². The number of rotatable bonds is 5. The van der Waals surface area contributed by atoms with Crippen LogP contribution in [-0.2, 0) is 23.0 Å². The molecule has 0 radical (unpaired) electrons. The number of pyridine rings is 1. The summed E-state index contributed by atoms with van der Waals surface area (Å²) in [5, 5.41) is 15.5. The molecule has 1 fully saturated rings. The Hall–Kier alpha value is -3.02. The molecule has 1 N–H and O–H groups in total. The number of aliphatic carboxylic acids is 1. The lowest BCUT2D eigenvalue weighted by Crippen LogP contribution is -2.42. The Balaban J connectivity index is 0.000000339. The van der Waals surface area contributed by atoms with E-state index in [2.05, 4.69) is 15.3 Å². The summed E-state index contributed by atoms with van der Waals surface area (Å²) in [4.78, 5) is 27.8. The number of fused-ring (bicyclic) bond motifs is 1. The van der Waals surface area contributed by atoms with Gasteiger partial charge in [0.05, 0.1) is 12.3 Å². The summed E-state index contributed by atoms with van der Waals surface area (Å²) in [5.41, 5.74) is 2.39. The van der Waals surface area contributed by atoms with E-state index in [0.717, 1.165) is 24.4 Å². The van der Waals surface area contributed by atoms with Gasteiger partial charge in [0.25, 0.3) is 5.91 Å². The molecule has 9 nitrogen and oxygen atoms in total. The van der Waals surface area contributed by atoms with Crippen LogP contribution in [0.3, 0.4) is 0 Å². The molecule has 0 spiro atoms. The SMILES string of the molecule is Cn1nnc2c1CCN(C(=O)c1ccccn1)C2COCC1CC1.O=C(O)C(F)(F)F. The number of carboxylic acids is 1. The van der Waals surface area contributed by atoms with Gasteiger partial charge in [-0.3, -0.25) is 14.5 Å². The molecule has 0 saturated heterocycles. The van der Waals surface area contributed by atoms with Crippen molar-refractivity contribution in [3.05, 3.63) is 41.5 Å². The number of aromatic nitrogens is 4. The van der Waals surface area contributed by atoms with Gasteiger partial charge in [0, 0.05) is 32.8 Å². The summed E-state index contributed by atoms with van der Waals surface area (Å²) in [5.74, 6) is -2.14. The molecule has 2 aromatic heterocycles. The van der Waals surface area contributed by atoms with Crippen molar-refractivity contribution in [2.75, 3.05) is 19.8 Å². The van der Waals surface area contributed by atoms with E-state index < -0.39 is 12.1 Å². The zero-order valence-corrected chi connectivity index (χ0v) is 16.7. The molecule has 3 heterocycles. The van der Waals surface area contributed by atoms with E-state index in [-0.39, 0.29) is 11.9 Å². The molecule has 31 heavy (non-hydrogen) atoms. The van der Waals surface area contributed by atoms with Crippen LogP contribution >= 0.6 is 0 Å². The zero-order chi connectivity index (χ0) is 22.6. The Morgan fingerprint density at radius 2 is 1.97 bits per heavy atom. The minimum absolute atomic E-state index is 0.0769. The van der Waals surface area contributed by atoms with Gasteiger partial charge in [-0.2, -0.15) is 13.2 Å². The topological polar surface area (TPSA) is 110 Å². The number of hydrogen-bond donors (Lipinski definition) is 1. The van der Waals surface area contributed by atoms with Crippen molar-refractivity contribution in [1.29, 1.82) is 0 Å². The molecule has 1 amide bonds. The van der Waals surface area contributed by atoms with E-state index in [4.69, 9.17) is 14.6 Å². The molecular formula is C19H22F3N5O4. The molecule has 1 saturated carbocycles. The van der Waals surface area contributed by atoms with Gasteiger partial charge >= 0.3 is 12.1 Å². The Morgan fingerprint density at radius 3 is 2.55 bits per heavy atom. The molecule has 0 aromatic carbocycles. The first-order chi connectivity index (χ1) is 14.7. The molecule has 4 rings (SSSR count). The van der Waals surface area contributed by atoms with Crippen LogP contribution in [0.15, 0.2) is 24.4 Å². The lowest BCUT2D eigenvalue weighted by atomic mass is 10.0. The Kier molecular flexibility index (Phi) is 6.88. The van der Waals surface area contributed by atoms with Gasteiger partial charge in [0.1, 0.15) is 17.4 Å². The monoisotopic (exact) mass is 441 g/mol. The maximum atomic E-state index is 12.9. The van der Waals surface area contributed by atoms with Crippen LogP contribution in [0.5, 0.6) is 0 Å². The van der Waals surface area contributed by atoms with Crippen molar-refractivity contribution in [3.8, 4) is 0 Å². The lowest BCUT2D eigenvalue weighted by Gasteiger charge is -2.34. The second kappa shape index (κ2) is 9.41. The maximum absolute atomic E-state index is 12.9. The van der Waals surface area contributed by atoms with Gasteiger partial charge in [-0.1, -0.05) is 11.3 Å². The summed E-state index contributed by atoms with van der Waals surface area (Å²) < 4.78 is 39.4. The van der Waals surface area contributed by atoms with Crippen molar-refractivity contribution < 1.29 is 32.6 Å². The minimum atomic E-state index is -5.08. The minimum Gasteiger partial charge on any atom is -0.475 e. The third-order valence-corrected chi connectivity index (χ3v) is 4.97. The molecular weight excluding hydrogens is 419 g/mol. The summed E-state index contributed by atoms with van der Waals surface area (Å²) in [6.07, 6.45) is -0.199. The number of alkyl halides is 3. The highest BCUT2D eigenvalue weighted by Gasteiger charge is 2.38. The molecule has 1 aliphatic heterocycles. The number of nitrogens with zero attached hydrogens (tertiary/aromatic N) is 5. The third kappa shape index (κ3) is 5.78. The van der Waals surface area contributed by atoms with E-state index >= 15 is 0 Å². The average Bonchev–Trinajstić information content (AvgIpc) is 3.49. The number of hydrogen-bond acceptors (Lipinski definition) is 6. The normalized spacial score (nSPS) is 18.1. The summed E-state index contributed by atoms with van der Waals surface area (Å²) in [6.45, 7) is 1.85. The van der Waals surface area contributed by atoms with Gasteiger partial charge < -0.3 is 14.7 Å². The predicted octanol–water partition coefficient (Wildman–Crippen LogP) is 2.01. The fraction of sp³-hybridized carbons (Fsp3) is 0.526. The van der Waals surface area contributed by atoms with Crippen molar-refractivity contribution in [3.63, 3.8) is 0 Å². The van der Waals surface area contributed by atoms with Crippen LogP contribution in [-0.4, -0.2) is 67.8 Å². The number of ether oxygens (including phenoxy) is 1. The number of carbonyl (C=O) groups is 2. The maximum Gasteiger partial charge on any atom is 0.490 e. The Labute approximate surface area is 175 Å². The van der Waals surface area contributed by atoms with Crippen LogP contribution in [0.4, 0.5) is 13.2 Å². The number of amides is 1. The predicted molar refractivity (Wildman–Crippen MR) is 100.0 cm³/mol. The summed E-state index contributed by atoms with van der Waals surface area (Å²) >= 11 is 0. The van der Waals surface area contributed by atoms with E-state index in [0.29, 0.717) is 24.8 Å². The number of carbonyl (C=O) groups excluding carboxylic acids is 1. The van der Waals surface area contributed by atoms with Gasteiger partial charge in [0.15, 0.2) is 0 Å². The van der Waals surface area contributed by atoms with E-state index in [1.165, 1.54) is 12.8 Å². The molecule has 2 aliphatic rings. The van der Waals surface area contributed by atoms with Crippen LogP contribution < -0.4 is 0 Å². The van der Waals surface area contributed by atoms with E-state index in [1.54, 1.807) is 16.9 Å². The van der Waals surface area contributed by atoms with Gasteiger partial charge in [0.2, 0.25) is 0 Å². The zero-order valence-electron chi connectivity index (χ0n) is 16.7. The largest absolute Gasteiger partial charge is 0.490 e. The lowest BCUT2D eigenvalue weighted by molar-refractivity contribution is -0.192. The fourth-order valence-corrected chi connectivity index (χ4v) is 3.15. The number of halogens is 3. The second-order valence-corrected chi connectivity index (χ2v) is 7.31. The number of carboxylic acid groups (broad SMARTS) is 1. The number of aryl methyl sites for hydroxylation is 1. The first-order valence-corrected chi connectivity index (χ1v) is 9.66. The quantitative estimate of drug-likeness (QED) is 0.756. The van der Waals surface area contributed by atoms with E-state index in [9.17, 15) is 18.0 Å². The first-order valence-electron chi connectivity index (χ1n) is 9.66. The van der Waals surface area contributed by atoms with Crippen LogP contribution in [0.25, 0.3) is 0 Å². The highest BCUT2D eigenvalue weighted by atomic mass is 19.4. The van der Waals surface area contributed by atoms with Crippen LogP contribution in [0, 0.1) is 5.92 Å². The van der Waals surface area contributed by atoms with Gasteiger partial charge in [-0.15, -0.1) is 5.10 Å². The molecule has 1 unspecified atom stereocenters. The molecule has 168 valence electrons. The molecule has 1 aliphatic carbocycles. The second-order valence-electron chi connectivity index (χ2n) is 7.31. The smallest absolute Gasteiger partial charge is 0.475 e. The fourth-order valence-electron chi connectivity index (χ4n) is 3.15. The van der Waals surface area contributed by atoms with Crippen molar-refractivity contribution in [2.45, 2.75) is 31.5 Å². The highest BCUT2D eigenvalue weighted by Crippen LogP contribution is 2.32. The summed E-state index contributed by atoms with van der Waals surface area (Å²) in [6, 6.07) is 5.19. The average molecular weight is 441 g/mol. The molecule has 2 aromatic rings. The first kappa shape index (κ1) is 22.7. The van der Waals surface area contributed by atoms with Gasteiger partial charge in [-0.25, -0.2) is 4.79 Å². The highest BCUT2D eigenvalue weighted by molar-refractivity contribution is 5.92. The van der Waals surface area contributed by atoms with E-state index in [1.807, 2.05) is 24.1 Å². The van der Waals surface area contributed by atoms with Crippen molar-refractivity contribution in [2.24, 2.45) is 13.0 Å². The van der Waals surface area contributed by atoms with Crippen LogP contribution in [0.2, 0.25) is 0 Å². The van der Waals surface area contributed by atoms with Crippen LogP contribution in [0.1, 0.15) is 40.8 Å².